The van der Waals surface area contributed by atoms with Crippen molar-refractivity contribution >= 4 is 11.7 Å². The molecule has 0 radical (unpaired) electrons. The quantitative estimate of drug-likeness (QED) is 0.818. The molecule has 1 saturated carbocycles. The number of pyridine rings is 1. The second kappa shape index (κ2) is 4.12. The lowest BCUT2D eigenvalue weighted by Gasteiger charge is -2.43. The molecule has 86 valence electrons. The van der Waals surface area contributed by atoms with E-state index in [-0.39, 0.29) is 5.54 Å². The summed E-state index contributed by atoms with van der Waals surface area (Å²) in [5.74, 6) is -0.907. The van der Waals surface area contributed by atoms with E-state index in [1.165, 1.54) is 18.7 Å². The van der Waals surface area contributed by atoms with Crippen LogP contribution in [-0.2, 0) is 0 Å². The van der Waals surface area contributed by atoms with Gasteiger partial charge in [0.15, 0.2) is 0 Å². The maximum atomic E-state index is 11.0. The molecule has 0 saturated heterocycles. The molecule has 1 aromatic heterocycles. The molecule has 1 aliphatic carbocycles. The third-order valence-corrected chi connectivity index (χ3v) is 3.44. The second-order valence-electron chi connectivity index (χ2n) is 4.34. The van der Waals surface area contributed by atoms with Crippen LogP contribution in [0.2, 0.25) is 0 Å². The number of carboxylic acid groups (broad SMARTS) is 1. The van der Waals surface area contributed by atoms with Crippen LogP contribution < -0.4 is 5.32 Å². The number of nitrogens with one attached hydrogen (secondary N) is 1. The van der Waals surface area contributed by atoms with Crippen molar-refractivity contribution < 1.29 is 9.90 Å². The van der Waals surface area contributed by atoms with Gasteiger partial charge in [0.25, 0.3) is 0 Å². The lowest BCUT2D eigenvalue weighted by Crippen LogP contribution is -2.44. The van der Waals surface area contributed by atoms with E-state index in [0.29, 0.717) is 11.3 Å². The molecule has 1 fully saturated rings. The van der Waals surface area contributed by atoms with Gasteiger partial charge in [0.1, 0.15) is 0 Å². The highest BCUT2D eigenvalue weighted by Crippen LogP contribution is 2.38. The van der Waals surface area contributed by atoms with Gasteiger partial charge in [-0.2, -0.15) is 0 Å². The molecule has 0 spiro atoms. The SMILES string of the molecule is CCC1(Nc2cnccc2C(=O)O)CCC1. The van der Waals surface area contributed by atoms with Crippen LogP contribution in [-0.4, -0.2) is 21.6 Å². The molecule has 0 aromatic carbocycles. The van der Waals surface area contributed by atoms with E-state index in [0.717, 1.165) is 19.3 Å². The summed E-state index contributed by atoms with van der Waals surface area (Å²) in [4.78, 5) is 15.0. The molecule has 1 aliphatic rings. The van der Waals surface area contributed by atoms with Crippen LogP contribution in [0.5, 0.6) is 0 Å². The number of nitrogens with zero attached hydrogens (tertiary/aromatic N) is 1. The first-order valence-corrected chi connectivity index (χ1v) is 5.62. The molecule has 0 amide bonds. The Labute approximate surface area is 94.7 Å². The van der Waals surface area contributed by atoms with Gasteiger partial charge in [0.2, 0.25) is 0 Å². The third-order valence-electron chi connectivity index (χ3n) is 3.44. The Bertz CT molecular complexity index is 394. The Balaban J connectivity index is 2.23. The van der Waals surface area contributed by atoms with Crippen LogP contribution in [0.3, 0.4) is 0 Å². The van der Waals surface area contributed by atoms with Gasteiger partial charge in [-0.1, -0.05) is 6.92 Å². The number of aromatic nitrogens is 1. The number of hydrogen-bond acceptors (Lipinski definition) is 3. The van der Waals surface area contributed by atoms with E-state index in [1.807, 2.05) is 0 Å². The normalized spacial score (nSPS) is 17.6. The average molecular weight is 220 g/mol. The van der Waals surface area contributed by atoms with Crippen molar-refractivity contribution in [3.63, 3.8) is 0 Å². The van der Waals surface area contributed by atoms with Crippen LogP contribution in [0, 0.1) is 0 Å². The number of hydrogen-bond donors (Lipinski definition) is 2. The fourth-order valence-corrected chi connectivity index (χ4v) is 2.14. The van der Waals surface area contributed by atoms with E-state index in [4.69, 9.17) is 5.11 Å². The van der Waals surface area contributed by atoms with Crippen LogP contribution in [0.25, 0.3) is 0 Å². The molecule has 0 aliphatic heterocycles. The van der Waals surface area contributed by atoms with Gasteiger partial charge >= 0.3 is 5.97 Å². The first-order valence-electron chi connectivity index (χ1n) is 5.62. The van der Waals surface area contributed by atoms with Gasteiger partial charge in [-0.05, 0) is 31.7 Å². The maximum Gasteiger partial charge on any atom is 0.337 e. The molecular formula is C12H16N2O2. The van der Waals surface area contributed by atoms with E-state index in [2.05, 4.69) is 17.2 Å². The maximum absolute atomic E-state index is 11.0. The van der Waals surface area contributed by atoms with E-state index in [9.17, 15) is 4.79 Å². The Hall–Kier alpha value is -1.58. The van der Waals surface area contributed by atoms with Crippen molar-refractivity contribution in [3.05, 3.63) is 24.0 Å². The van der Waals surface area contributed by atoms with Crippen molar-refractivity contribution in [1.82, 2.24) is 4.98 Å². The minimum atomic E-state index is -0.907. The van der Waals surface area contributed by atoms with Crippen molar-refractivity contribution in [2.45, 2.75) is 38.1 Å². The highest BCUT2D eigenvalue weighted by molar-refractivity contribution is 5.94. The molecule has 0 atom stereocenters. The zero-order valence-electron chi connectivity index (χ0n) is 9.36. The van der Waals surface area contributed by atoms with E-state index >= 15 is 0 Å². The lowest BCUT2D eigenvalue weighted by molar-refractivity contribution is 0.0697. The molecule has 2 N–H and O–H groups in total. The van der Waals surface area contributed by atoms with Crippen LogP contribution in [0.1, 0.15) is 43.0 Å². The van der Waals surface area contributed by atoms with Crippen LogP contribution in [0.4, 0.5) is 5.69 Å². The Morgan fingerprint density at radius 3 is 2.88 bits per heavy atom. The molecule has 0 unspecified atom stereocenters. The Morgan fingerprint density at radius 1 is 1.62 bits per heavy atom. The summed E-state index contributed by atoms with van der Waals surface area (Å²) >= 11 is 0. The minimum Gasteiger partial charge on any atom is -0.478 e. The van der Waals surface area contributed by atoms with Gasteiger partial charge in [0.05, 0.1) is 17.4 Å². The summed E-state index contributed by atoms with van der Waals surface area (Å²) in [6.45, 7) is 2.13. The minimum absolute atomic E-state index is 0.0905. The summed E-state index contributed by atoms with van der Waals surface area (Å²) in [5, 5.41) is 12.4. The lowest BCUT2D eigenvalue weighted by atomic mass is 9.74. The number of anilines is 1. The molecule has 4 nitrogen and oxygen atoms in total. The monoisotopic (exact) mass is 220 g/mol. The number of carboxylic acids is 1. The molecule has 0 bridgehead atoms. The largest absolute Gasteiger partial charge is 0.478 e. The summed E-state index contributed by atoms with van der Waals surface area (Å²) in [6.07, 6.45) is 7.55. The highest BCUT2D eigenvalue weighted by Gasteiger charge is 2.35. The smallest absolute Gasteiger partial charge is 0.337 e. The molecule has 2 rings (SSSR count). The number of rotatable bonds is 4. The molecule has 4 heteroatoms. The first kappa shape index (κ1) is 10.9. The number of aromatic carboxylic acids is 1. The zero-order chi connectivity index (χ0) is 11.6. The Kier molecular flexibility index (Phi) is 2.81. The fourth-order valence-electron chi connectivity index (χ4n) is 2.14. The molecule has 1 aromatic rings. The van der Waals surface area contributed by atoms with Gasteiger partial charge < -0.3 is 10.4 Å². The van der Waals surface area contributed by atoms with Crippen LogP contribution >= 0.6 is 0 Å². The average Bonchev–Trinajstić information content (AvgIpc) is 2.24. The summed E-state index contributed by atoms with van der Waals surface area (Å²) in [6, 6.07) is 1.53. The Morgan fingerprint density at radius 2 is 2.38 bits per heavy atom. The molecular weight excluding hydrogens is 204 g/mol. The van der Waals surface area contributed by atoms with Gasteiger partial charge in [-0.3, -0.25) is 4.98 Å². The predicted octanol–water partition coefficient (Wildman–Crippen LogP) is 2.52. The summed E-state index contributed by atoms with van der Waals surface area (Å²) < 4.78 is 0. The van der Waals surface area contributed by atoms with Crippen molar-refractivity contribution in [1.29, 1.82) is 0 Å². The van der Waals surface area contributed by atoms with Gasteiger partial charge in [0, 0.05) is 11.7 Å². The third kappa shape index (κ3) is 1.87. The molecule has 1 heterocycles. The molecule has 16 heavy (non-hydrogen) atoms. The van der Waals surface area contributed by atoms with Crippen molar-refractivity contribution in [2.75, 3.05) is 5.32 Å². The second-order valence-corrected chi connectivity index (χ2v) is 4.34. The highest BCUT2D eigenvalue weighted by atomic mass is 16.4. The van der Waals surface area contributed by atoms with E-state index < -0.39 is 5.97 Å². The van der Waals surface area contributed by atoms with Crippen molar-refractivity contribution in [3.8, 4) is 0 Å². The summed E-state index contributed by atoms with van der Waals surface area (Å²) in [5.41, 5.74) is 1.03. The first-order chi connectivity index (χ1) is 7.67. The number of carbonyl (C=O) groups is 1. The van der Waals surface area contributed by atoms with Gasteiger partial charge in [-0.15, -0.1) is 0 Å². The summed E-state index contributed by atoms with van der Waals surface area (Å²) in [7, 11) is 0. The zero-order valence-corrected chi connectivity index (χ0v) is 9.36. The van der Waals surface area contributed by atoms with Crippen LogP contribution in [0.15, 0.2) is 18.5 Å². The van der Waals surface area contributed by atoms with Crippen molar-refractivity contribution in [2.24, 2.45) is 0 Å². The van der Waals surface area contributed by atoms with E-state index in [1.54, 1.807) is 6.20 Å². The standard InChI is InChI=1S/C12H16N2O2/c1-2-12(5-3-6-12)14-10-8-13-7-4-9(10)11(15)16/h4,7-8,14H,2-3,5-6H2,1H3,(H,15,16). The van der Waals surface area contributed by atoms with Gasteiger partial charge in [-0.25, -0.2) is 4.79 Å². The predicted molar refractivity (Wildman–Crippen MR) is 61.7 cm³/mol. The fraction of sp³-hybridized carbons (Fsp3) is 0.500. The topological polar surface area (TPSA) is 62.2 Å².